The molecule has 1 fully saturated rings. The summed E-state index contributed by atoms with van der Waals surface area (Å²) in [5, 5.41) is 3.37. The zero-order valence-corrected chi connectivity index (χ0v) is 14.6. The number of nitrogens with one attached hydrogen (secondary N) is 1. The quantitative estimate of drug-likeness (QED) is 0.627. The van der Waals surface area contributed by atoms with Crippen LogP contribution in [0.2, 0.25) is 0 Å². The van der Waals surface area contributed by atoms with Crippen molar-refractivity contribution >= 4 is 11.9 Å². The first-order valence-corrected chi connectivity index (χ1v) is 8.78. The first-order chi connectivity index (χ1) is 12.2. The van der Waals surface area contributed by atoms with Gasteiger partial charge in [-0.05, 0) is 30.9 Å². The maximum absolute atomic E-state index is 11.2. The van der Waals surface area contributed by atoms with E-state index in [0.29, 0.717) is 25.5 Å². The molecular weight excluding hydrogens is 320 g/mol. The number of guanidine groups is 1. The first-order valence-electron chi connectivity index (χ1n) is 8.78. The molecule has 136 valence electrons. The number of ether oxygens (including phenoxy) is 2. The number of primary amides is 1. The third kappa shape index (κ3) is 4.55. The minimum Gasteiger partial charge on any atom is -0.486 e. The second kappa shape index (κ2) is 8.09. The van der Waals surface area contributed by atoms with Crippen molar-refractivity contribution in [2.45, 2.75) is 25.4 Å². The van der Waals surface area contributed by atoms with Crippen LogP contribution in [0.25, 0.3) is 0 Å². The van der Waals surface area contributed by atoms with Crippen LogP contribution in [0.3, 0.4) is 0 Å². The van der Waals surface area contributed by atoms with E-state index in [1.54, 1.807) is 7.05 Å². The van der Waals surface area contributed by atoms with Gasteiger partial charge in [0.2, 0.25) is 5.91 Å². The van der Waals surface area contributed by atoms with Crippen LogP contribution in [0.15, 0.2) is 29.3 Å². The van der Waals surface area contributed by atoms with Crippen molar-refractivity contribution in [3.63, 3.8) is 0 Å². The molecule has 0 radical (unpaired) electrons. The highest BCUT2D eigenvalue weighted by Crippen LogP contribution is 2.30. The molecule has 25 heavy (non-hydrogen) atoms. The monoisotopic (exact) mass is 346 g/mol. The molecule has 2 unspecified atom stereocenters. The number of hydrogen-bond donors (Lipinski definition) is 2. The molecular formula is C18H26N4O3. The summed E-state index contributed by atoms with van der Waals surface area (Å²) in [6.07, 6.45) is 2.43. The smallest absolute Gasteiger partial charge is 0.217 e. The van der Waals surface area contributed by atoms with E-state index in [1.165, 1.54) is 0 Å². The maximum Gasteiger partial charge on any atom is 0.217 e. The van der Waals surface area contributed by atoms with Gasteiger partial charge in [0.15, 0.2) is 17.5 Å². The third-order valence-corrected chi connectivity index (χ3v) is 4.58. The van der Waals surface area contributed by atoms with Gasteiger partial charge in [-0.3, -0.25) is 9.79 Å². The van der Waals surface area contributed by atoms with E-state index in [0.717, 1.165) is 43.4 Å². The van der Waals surface area contributed by atoms with Crippen LogP contribution in [0.1, 0.15) is 19.3 Å². The highest BCUT2D eigenvalue weighted by Gasteiger charge is 2.25. The average Bonchev–Trinajstić information content (AvgIpc) is 2.62. The molecule has 2 aliphatic heterocycles. The molecule has 2 heterocycles. The fourth-order valence-electron chi connectivity index (χ4n) is 3.41. The summed E-state index contributed by atoms with van der Waals surface area (Å²) in [4.78, 5) is 17.7. The van der Waals surface area contributed by atoms with Crippen LogP contribution >= 0.6 is 0 Å². The molecule has 3 rings (SSSR count). The normalized spacial score (nSPS) is 23.2. The van der Waals surface area contributed by atoms with Crippen molar-refractivity contribution in [1.29, 1.82) is 0 Å². The fraction of sp³-hybridized carbons (Fsp3) is 0.556. The van der Waals surface area contributed by atoms with Crippen LogP contribution in [-0.2, 0) is 4.79 Å². The van der Waals surface area contributed by atoms with Gasteiger partial charge in [-0.1, -0.05) is 12.1 Å². The van der Waals surface area contributed by atoms with Crippen LogP contribution < -0.4 is 20.5 Å². The Labute approximate surface area is 148 Å². The summed E-state index contributed by atoms with van der Waals surface area (Å²) in [6.45, 7) is 2.84. The topological polar surface area (TPSA) is 89.2 Å². The lowest BCUT2D eigenvalue weighted by molar-refractivity contribution is -0.119. The van der Waals surface area contributed by atoms with E-state index in [4.69, 9.17) is 15.2 Å². The molecule has 3 N–H and O–H groups in total. The number of carbonyl (C=O) groups is 1. The summed E-state index contributed by atoms with van der Waals surface area (Å²) in [5.74, 6) is 2.45. The van der Waals surface area contributed by atoms with Gasteiger partial charge in [0.1, 0.15) is 12.7 Å². The lowest BCUT2D eigenvalue weighted by Crippen LogP contribution is -2.50. The largest absolute Gasteiger partial charge is 0.486 e. The number of likely N-dealkylation sites (tertiary alicyclic amines) is 1. The van der Waals surface area contributed by atoms with Gasteiger partial charge in [-0.15, -0.1) is 0 Å². The molecule has 1 amide bonds. The number of aliphatic imine (C=N–C) groups is 1. The average molecular weight is 346 g/mol. The molecule has 0 spiro atoms. The summed E-state index contributed by atoms with van der Waals surface area (Å²) in [7, 11) is 1.77. The third-order valence-electron chi connectivity index (χ3n) is 4.58. The number of amides is 1. The number of rotatable bonds is 4. The van der Waals surface area contributed by atoms with E-state index in [2.05, 4.69) is 15.2 Å². The molecule has 1 aromatic rings. The Balaban J connectivity index is 1.52. The number of nitrogens with zero attached hydrogens (tertiary/aromatic N) is 2. The van der Waals surface area contributed by atoms with Gasteiger partial charge in [0.25, 0.3) is 0 Å². The summed E-state index contributed by atoms with van der Waals surface area (Å²) in [5.41, 5.74) is 5.34. The summed E-state index contributed by atoms with van der Waals surface area (Å²) >= 11 is 0. The SMILES string of the molecule is CN=C(NCC1COc2ccccc2O1)N1CCCC(CC(N)=O)C1. The summed E-state index contributed by atoms with van der Waals surface area (Å²) < 4.78 is 11.7. The molecule has 7 heteroatoms. The number of benzene rings is 1. The molecule has 0 bridgehead atoms. The van der Waals surface area contributed by atoms with Crippen molar-refractivity contribution < 1.29 is 14.3 Å². The van der Waals surface area contributed by atoms with Gasteiger partial charge in [-0.2, -0.15) is 0 Å². The number of piperidine rings is 1. The number of hydrogen-bond acceptors (Lipinski definition) is 4. The van der Waals surface area contributed by atoms with E-state index in [-0.39, 0.29) is 12.0 Å². The van der Waals surface area contributed by atoms with E-state index < -0.39 is 0 Å². The van der Waals surface area contributed by atoms with Crippen LogP contribution in [-0.4, -0.2) is 56.2 Å². The van der Waals surface area contributed by atoms with Crippen LogP contribution in [0.5, 0.6) is 11.5 Å². The van der Waals surface area contributed by atoms with Crippen molar-refractivity contribution in [2.24, 2.45) is 16.6 Å². The van der Waals surface area contributed by atoms with E-state index >= 15 is 0 Å². The number of para-hydroxylation sites is 2. The zero-order valence-electron chi connectivity index (χ0n) is 14.6. The van der Waals surface area contributed by atoms with Gasteiger partial charge in [-0.25, -0.2) is 0 Å². The Morgan fingerprint density at radius 1 is 1.40 bits per heavy atom. The Kier molecular flexibility index (Phi) is 5.63. The number of fused-ring (bicyclic) bond motifs is 1. The predicted octanol–water partition coefficient (Wildman–Crippen LogP) is 0.989. The Morgan fingerprint density at radius 2 is 2.20 bits per heavy atom. The van der Waals surface area contributed by atoms with Crippen LogP contribution in [0, 0.1) is 5.92 Å². The number of carbonyl (C=O) groups excluding carboxylic acids is 1. The molecule has 2 atom stereocenters. The minimum absolute atomic E-state index is 0.0714. The molecule has 0 aliphatic carbocycles. The molecule has 1 saturated heterocycles. The highest BCUT2D eigenvalue weighted by molar-refractivity contribution is 5.80. The molecule has 0 aromatic heterocycles. The number of nitrogens with two attached hydrogens (primary N) is 1. The molecule has 1 aromatic carbocycles. The van der Waals surface area contributed by atoms with Crippen molar-refractivity contribution in [2.75, 3.05) is 33.3 Å². The van der Waals surface area contributed by atoms with E-state index in [9.17, 15) is 4.79 Å². The lowest BCUT2D eigenvalue weighted by atomic mass is 9.95. The van der Waals surface area contributed by atoms with Crippen LogP contribution in [0.4, 0.5) is 0 Å². The Morgan fingerprint density at radius 3 is 2.96 bits per heavy atom. The maximum atomic E-state index is 11.2. The van der Waals surface area contributed by atoms with Gasteiger partial charge in [0.05, 0.1) is 6.54 Å². The van der Waals surface area contributed by atoms with Crippen molar-refractivity contribution in [3.05, 3.63) is 24.3 Å². The zero-order chi connectivity index (χ0) is 17.6. The van der Waals surface area contributed by atoms with Gasteiger partial charge >= 0.3 is 0 Å². The van der Waals surface area contributed by atoms with Gasteiger partial charge < -0.3 is 25.4 Å². The van der Waals surface area contributed by atoms with Crippen molar-refractivity contribution in [3.8, 4) is 11.5 Å². The summed E-state index contributed by atoms with van der Waals surface area (Å²) in [6, 6.07) is 7.69. The second-order valence-corrected chi connectivity index (χ2v) is 6.55. The Bertz CT molecular complexity index is 635. The lowest BCUT2D eigenvalue weighted by Gasteiger charge is -2.35. The molecule has 7 nitrogen and oxygen atoms in total. The van der Waals surface area contributed by atoms with Crippen molar-refractivity contribution in [1.82, 2.24) is 10.2 Å². The highest BCUT2D eigenvalue weighted by atomic mass is 16.6. The van der Waals surface area contributed by atoms with Gasteiger partial charge in [0, 0.05) is 26.6 Å². The Hall–Kier alpha value is -2.44. The standard InChI is InChI=1S/C18H26N4O3/c1-20-18(22-8-4-5-13(11-22)9-17(19)23)21-10-14-12-24-15-6-2-3-7-16(15)25-14/h2-3,6-7,13-14H,4-5,8-12H2,1H3,(H2,19,23)(H,20,21). The van der Waals surface area contributed by atoms with E-state index in [1.807, 2.05) is 24.3 Å². The fourth-order valence-corrected chi connectivity index (χ4v) is 3.41. The minimum atomic E-state index is -0.235. The predicted molar refractivity (Wildman–Crippen MR) is 95.8 cm³/mol. The molecule has 0 saturated carbocycles. The second-order valence-electron chi connectivity index (χ2n) is 6.55. The first kappa shape index (κ1) is 17.4. The molecule has 2 aliphatic rings.